The Morgan fingerprint density at radius 2 is 1.65 bits per heavy atom. The Bertz CT molecular complexity index is 666. The van der Waals surface area contributed by atoms with E-state index in [0.717, 1.165) is 11.4 Å². The quantitative estimate of drug-likeness (QED) is 0.605. The van der Waals surface area contributed by atoms with Crippen LogP contribution < -0.4 is 10.6 Å². The van der Waals surface area contributed by atoms with Crippen LogP contribution in [0.15, 0.2) is 48.5 Å². The van der Waals surface area contributed by atoms with Gasteiger partial charge >= 0.3 is 0 Å². The zero-order valence-electron chi connectivity index (χ0n) is 12.9. The maximum atomic E-state index is 11.8. The Balaban J connectivity index is 1.70. The Hall–Kier alpha value is -2.17. The molecule has 4 nitrogen and oxygen atoms in total. The number of carbonyl (C=O) groups is 2. The van der Waals surface area contributed by atoms with Crippen molar-refractivity contribution in [1.82, 2.24) is 5.32 Å². The highest BCUT2D eigenvalue weighted by Gasteiger charge is 2.03. The van der Waals surface area contributed by atoms with Gasteiger partial charge in [-0.1, -0.05) is 23.7 Å². The van der Waals surface area contributed by atoms with E-state index in [2.05, 4.69) is 10.6 Å². The van der Waals surface area contributed by atoms with E-state index in [9.17, 15) is 9.59 Å². The Labute approximate surface area is 140 Å². The maximum absolute atomic E-state index is 11.8. The molecule has 1 amide bonds. The number of nitrogens with one attached hydrogen (secondary N) is 2. The fraction of sp³-hybridized carbons (Fsp3) is 0.222. The van der Waals surface area contributed by atoms with Crippen molar-refractivity contribution in [3.63, 3.8) is 0 Å². The highest BCUT2D eigenvalue weighted by Crippen LogP contribution is 2.10. The van der Waals surface area contributed by atoms with Crippen molar-refractivity contribution in [2.45, 2.75) is 13.3 Å². The normalized spacial score (nSPS) is 10.3. The summed E-state index contributed by atoms with van der Waals surface area (Å²) in [5.74, 6) is -0.108. The van der Waals surface area contributed by atoms with E-state index in [0.29, 0.717) is 17.8 Å². The van der Waals surface area contributed by atoms with Gasteiger partial charge in [0.05, 0.1) is 6.54 Å². The fourth-order valence-corrected chi connectivity index (χ4v) is 2.21. The molecule has 0 unspecified atom stereocenters. The van der Waals surface area contributed by atoms with Crippen LogP contribution >= 0.6 is 11.6 Å². The van der Waals surface area contributed by atoms with Gasteiger partial charge in [-0.05, 0) is 61.9 Å². The topological polar surface area (TPSA) is 58.2 Å². The summed E-state index contributed by atoms with van der Waals surface area (Å²) < 4.78 is 0. The SMILES string of the molecule is CC(=O)c1ccc(NC(=O)CNCCc2ccc(Cl)cc2)cc1. The summed E-state index contributed by atoms with van der Waals surface area (Å²) in [4.78, 5) is 23.0. The van der Waals surface area contributed by atoms with Crippen LogP contribution in [0.3, 0.4) is 0 Å². The summed E-state index contributed by atoms with van der Waals surface area (Å²) in [5.41, 5.74) is 2.48. The number of halogens is 1. The van der Waals surface area contributed by atoms with Crippen LogP contribution in [0.4, 0.5) is 5.69 Å². The monoisotopic (exact) mass is 330 g/mol. The van der Waals surface area contributed by atoms with Gasteiger partial charge in [0.1, 0.15) is 0 Å². The van der Waals surface area contributed by atoms with E-state index >= 15 is 0 Å². The van der Waals surface area contributed by atoms with Crippen molar-refractivity contribution >= 4 is 29.0 Å². The van der Waals surface area contributed by atoms with Crippen molar-refractivity contribution in [3.8, 4) is 0 Å². The zero-order valence-corrected chi connectivity index (χ0v) is 13.7. The molecule has 0 atom stereocenters. The number of carbonyl (C=O) groups excluding carboxylic acids is 2. The molecular formula is C18H19ClN2O2. The summed E-state index contributed by atoms with van der Waals surface area (Å²) in [6.07, 6.45) is 0.831. The molecule has 0 saturated carbocycles. The average Bonchev–Trinajstić information content (AvgIpc) is 2.54. The van der Waals surface area contributed by atoms with Crippen LogP contribution in [-0.4, -0.2) is 24.8 Å². The lowest BCUT2D eigenvalue weighted by Gasteiger charge is -2.07. The highest BCUT2D eigenvalue weighted by atomic mass is 35.5. The Kier molecular flexibility index (Phi) is 6.32. The molecule has 2 N–H and O–H groups in total. The Morgan fingerprint density at radius 3 is 2.26 bits per heavy atom. The third kappa shape index (κ3) is 5.85. The summed E-state index contributed by atoms with van der Waals surface area (Å²) in [6, 6.07) is 14.5. The number of Topliss-reactive ketones (excluding diaryl/α,β-unsaturated/α-hetero) is 1. The first-order chi connectivity index (χ1) is 11.0. The second-order valence-corrected chi connectivity index (χ2v) is 5.67. The number of ketones is 1. The van der Waals surface area contributed by atoms with Crippen LogP contribution in [0.2, 0.25) is 5.02 Å². The van der Waals surface area contributed by atoms with Crippen LogP contribution in [-0.2, 0) is 11.2 Å². The maximum Gasteiger partial charge on any atom is 0.238 e. The molecular weight excluding hydrogens is 312 g/mol. The number of rotatable bonds is 7. The van der Waals surface area contributed by atoms with E-state index in [1.54, 1.807) is 24.3 Å². The van der Waals surface area contributed by atoms with Gasteiger partial charge in [-0.2, -0.15) is 0 Å². The number of amides is 1. The van der Waals surface area contributed by atoms with Gasteiger partial charge in [0.2, 0.25) is 5.91 Å². The highest BCUT2D eigenvalue weighted by molar-refractivity contribution is 6.30. The van der Waals surface area contributed by atoms with Crippen LogP contribution in [0.25, 0.3) is 0 Å². The molecule has 0 aliphatic heterocycles. The van der Waals surface area contributed by atoms with E-state index in [-0.39, 0.29) is 18.2 Å². The van der Waals surface area contributed by atoms with Crippen molar-refractivity contribution < 1.29 is 9.59 Å². The first-order valence-corrected chi connectivity index (χ1v) is 7.78. The van der Waals surface area contributed by atoms with Gasteiger partial charge in [0.15, 0.2) is 5.78 Å². The minimum atomic E-state index is -0.114. The van der Waals surface area contributed by atoms with Crippen LogP contribution in [0.5, 0.6) is 0 Å². The number of hydrogen-bond acceptors (Lipinski definition) is 3. The van der Waals surface area contributed by atoms with Gasteiger partial charge in [-0.3, -0.25) is 9.59 Å². The molecule has 2 rings (SSSR count). The van der Waals surface area contributed by atoms with E-state index in [1.807, 2.05) is 24.3 Å². The molecule has 0 aliphatic carbocycles. The van der Waals surface area contributed by atoms with Crippen LogP contribution in [0, 0.1) is 0 Å². The molecule has 0 aliphatic rings. The summed E-state index contributed by atoms with van der Waals surface area (Å²) >= 11 is 5.83. The molecule has 0 radical (unpaired) electrons. The van der Waals surface area contributed by atoms with Gasteiger partial charge in [-0.15, -0.1) is 0 Å². The molecule has 0 fully saturated rings. The van der Waals surface area contributed by atoms with Crippen molar-refractivity contribution in [1.29, 1.82) is 0 Å². The zero-order chi connectivity index (χ0) is 16.7. The molecule has 2 aromatic carbocycles. The van der Waals surface area contributed by atoms with Crippen LogP contribution in [0.1, 0.15) is 22.8 Å². The standard InChI is InChI=1S/C18H19ClN2O2/c1-13(22)15-4-8-17(9-5-15)21-18(23)12-20-11-10-14-2-6-16(19)7-3-14/h2-9,20H,10-12H2,1H3,(H,21,23). The lowest BCUT2D eigenvalue weighted by molar-refractivity contribution is -0.115. The second-order valence-electron chi connectivity index (χ2n) is 5.23. The molecule has 0 saturated heterocycles. The first kappa shape index (κ1) is 17.2. The summed E-state index contributed by atoms with van der Waals surface area (Å²) in [7, 11) is 0. The van der Waals surface area contributed by atoms with Crippen molar-refractivity contribution in [2.75, 3.05) is 18.4 Å². The summed E-state index contributed by atoms with van der Waals surface area (Å²) in [6.45, 7) is 2.46. The third-order valence-electron chi connectivity index (χ3n) is 3.36. The smallest absolute Gasteiger partial charge is 0.238 e. The van der Waals surface area contributed by atoms with Gasteiger partial charge in [-0.25, -0.2) is 0 Å². The molecule has 5 heteroatoms. The van der Waals surface area contributed by atoms with Gasteiger partial charge < -0.3 is 10.6 Å². The predicted molar refractivity (Wildman–Crippen MR) is 93.1 cm³/mol. The largest absolute Gasteiger partial charge is 0.325 e. The van der Waals surface area contributed by atoms with E-state index < -0.39 is 0 Å². The molecule has 0 heterocycles. The number of hydrogen-bond donors (Lipinski definition) is 2. The fourth-order valence-electron chi connectivity index (χ4n) is 2.08. The van der Waals surface area contributed by atoms with E-state index in [1.165, 1.54) is 12.5 Å². The number of anilines is 1. The minimum Gasteiger partial charge on any atom is -0.325 e. The second kappa shape index (κ2) is 8.46. The lowest BCUT2D eigenvalue weighted by Crippen LogP contribution is -2.29. The molecule has 0 spiro atoms. The van der Waals surface area contributed by atoms with Crippen molar-refractivity contribution in [3.05, 3.63) is 64.7 Å². The van der Waals surface area contributed by atoms with Gasteiger partial charge in [0, 0.05) is 16.3 Å². The molecule has 120 valence electrons. The third-order valence-corrected chi connectivity index (χ3v) is 3.62. The lowest BCUT2D eigenvalue weighted by atomic mass is 10.1. The summed E-state index contributed by atoms with van der Waals surface area (Å²) in [5, 5.41) is 6.60. The molecule has 23 heavy (non-hydrogen) atoms. The minimum absolute atomic E-state index is 0.00624. The van der Waals surface area contributed by atoms with Gasteiger partial charge in [0.25, 0.3) is 0 Å². The van der Waals surface area contributed by atoms with Crippen molar-refractivity contribution in [2.24, 2.45) is 0 Å². The molecule has 0 bridgehead atoms. The molecule has 0 aromatic heterocycles. The Morgan fingerprint density at radius 1 is 1.00 bits per heavy atom. The first-order valence-electron chi connectivity index (χ1n) is 7.40. The molecule has 2 aromatic rings. The predicted octanol–water partition coefficient (Wildman–Crippen LogP) is 3.31. The average molecular weight is 331 g/mol. The van der Waals surface area contributed by atoms with E-state index in [4.69, 9.17) is 11.6 Å². The number of benzene rings is 2.